The zero-order chi connectivity index (χ0) is 45.4. The largest absolute Gasteiger partial charge is 0.472 e. The molecule has 5 aliphatic heterocycles. The Kier molecular flexibility index (Phi) is 10.2. The third kappa shape index (κ3) is 6.70. The van der Waals surface area contributed by atoms with E-state index >= 15 is 8.78 Å². The van der Waals surface area contributed by atoms with Crippen LogP contribution in [0.4, 0.5) is 19.4 Å². The average Bonchev–Trinajstić information content (AvgIpc) is 3.69. The van der Waals surface area contributed by atoms with Gasteiger partial charge in [0.15, 0.2) is 5.82 Å². The number of amides is 1. The summed E-state index contributed by atoms with van der Waals surface area (Å²) in [6.07, 6.45) is 3.71. The van der Waals surface area contributed by atoms with Crippen molar-refractivity contribution < 1.29 is 27.8 Å². The number of pyridine rings is 1. The van der Waals surface area contributed by atoms with E-state index in [9.17, 15) is 4.79 Å². The molecule has 4 aromatic rings. The Morgan fingerprint density at radius 3 is 2.48 bits per heavy atom. The van der Waals surface area contributed by atoms with E-state index in [2.05, 4.69) is 69.4 Å². The second kappa shape index (κ2) is 15.1. The van der Waals surface area contributed by atoms with Crippen LogP contribution in [0.15, 0.2) is 42.5 Å². The van der Waals surface area contributed by atoms with Crippen molar-refractivity contribution in [1.29, 1.82) is 0 Å². The van der Waals surface area contributed by atoms with Gasteiger partial charge in [0.1, 0.15) is 54.6 Å². The summed E-state index contributed by atoms with van der Waals surface area (Å²) in [5.41, 5.74) is 5.65. The van der Waals surface area contributed by atoms with Crippen molar-refractivity contribution >= 4 is 41.7 Å². The highest BCUT2D eigenvalue weighted by Gasteiger charge is 2.62. The number of ether oxygens (including phenoxy) is 3. The van der Waals surface area contributed by atoms with Gasteiger partial charge < -0.3 is 19.1 Å². The number of nitrogens with zero attached hydrogens (tertiary/aromatic N) is 6. The van der Waals surface area contributed by atoms with E-state index in [-0.39, 0.29) is 58.4 Å². The Balaban J connectivity index is 1.15. The van der Waals surface area contributed by atoms with Gasteiger partial charge in [-0.25, -0.2) is 18.6 Å². The lowest BCUT2D eigenvalue weighted by atomic mass is 9.92. The van der Waals surface area contributed by atoms with Gasteiger partial charge in [0.05, 0.1) is 29.2 Å². The van der Waals surface area contributed by atoms with Crippen LogP contribution in [0.2, 0.25) is 16.6 Å². The minimum Gasteiger partial charge on any atom is -0.472 e. The molecule has 1 aliphatic carbocycles. The number of anilines is 1. The quantitative estimate of drug-likeness (QED) is 0.102. The lowest BCUT2D eigenvalue weighted by Crippen LogP contribution is -2.65. The van der Waals surface area contributed by atoms with Crippen LogP contribution < -0.4 is 14.4 Å². The van der Waals surface area contributed by atoms with Crippen molar-refractivity contribution in [3.8, 4) is 34.6 Å². The molecule has 338 valence electrons. The summed E-state index contributed by atoms with van der Waals surface area (Å²) < 4.78 is 53.9. The number of halogens is 2. The second-order valence-electron chi connectivity index (χ2n) is 21.6. The highest BCUT2D eigenvalue weighted by Crippen LogP contribution is 2.58. The van der Waals surface area contributed by atoms with Crippen LogP contribution in [0.25, 0.3) is 32.9 Å². The van der Waals surface area contributed by atoms with Gasteiger partial charge in [-0.1, -0.05) is 83.9 Å². The molecule has 4 saturated heterocycles. The summed E-state index contributed by atoms with van der Waals surface area (Å²) in [7, 11) is -2.29. The highest BCUT2D eigenvalue weighted by molar-refractivity contribution is 6.90. The maximum Gasteiger partial charge on any atom is 0.410 e. The van der Waals surface area contributed by atoms with E-state index in [0.717, 1.165) is 37.6 Å². The molecule has 2 bridgehead atoms. The molecule has 6 aliphatic rings. The normalized spacial score (nSPS) is 27.1. The Morgan fingerprint density at radius 1 is 1.02 bits per heavy atom. The van der Waals surface area contributed by atoms with E-state index in [1.165, 1.54) is 18.1 Å². The van der Waals surface area contributed by atoms with Gasteiger partial charge >= 0.3 is 12.1 Å². The number of carbonyl (C=O) groups excluding carboxylic acids is 1. The maximum absolute atomic E-state index is 18.0. The van der Waals surface area contributed by atoms with Crippen molar-refractivity contribution in [2.75, 3.05) is 24.6 Å². The van der Waals surface area contributed by atoms with E-state index in [4.69, 9.17) is 29.2 Å². The fraction of sp³-hybridized carbons (Fsp3) is 0.569. The van der Waals surface area contributed by atoms with E-state index in [1.807, 2.05) is 44.7 Å². The van der Waals surface area contributed by atoms with Crippen LogP contribution >= 0.6 is 0 Å². The fourth-order valence-electron chi connectivity index (χ4n) is 12.9. The lowest BCUT2D eigenvalue weighted by molar-refractivity contribution is 0.000934. The van der Waals surface area contributed by atoms with E-state index < -0.39 is 31.4 Å². The monoisotopic (exact) mass is 888 g/mol. The van der Waals surface area contributed by atoms with Gasteiger partial charge in [0, 0.05) is 30.1 Å². The summed E-state index contributed by atoms with van der Waals surface area (Å²) in [6.45, 7) is 27.0. The smallest absolute Gasteiger partial charge is 0.410 e. The Bertz CT molecular complexity index is 2650. The lowest BCUT2D eigenvalue weighted by Gasteiger charge is -2.48. The molecule has 2 aromatic carbocycles. The first kappa shape index (κ1) is 43.1. The number of piperidine rings is 1. The topological polar surface area (TPSA) is 93.2 Å². The van der Waals surface area contributed by atoms with Crippen molar-refractivity contribution in [1.82, 2.24) is 24.8 Å². The zero-order valence-corrected chi connectivity index (χ0v) is 40.0. The molecular weight excluding hydrogens is 827 g/mol. The Labute approximate surface area is 377 Å². The van der Waals surface area contributed by atoms with Crippen LogP contribution in [0, 0.1) is 29.0 Å². The predicted molar refractivity (Wildman–Crippen MR) is 249 cm³/mol. The second-order valence-corrected chi connectivity index (χ2v) is 27.2. The predicted octanol–water partition coefficient (Wildman–Crippen LogP) is 10.6. The molecule has 13 heteroatoms. The molecule has 0 N–H and O–H groups in total. The molecule has 1 unspecified atom stereocenters. The third-order valence-electron chi connectivity index (χ3n) is 15.6. The summed E-state index contributed by atoms with van der Waals surface area (Å²) in [5.74, 6) is 3.53. The number of aromatic nitrogens is 3. The molecule has 64 heavy (non-hydrogen) atoms. The molecule has 10 nitrogen and oxygen atoms in total. The van der Waals surface area contributed by atoms with Crippen molar-refractivity contribution in [2.45, 2.75) is 159 Å². The van der Waals surface area contributed by atoms with Gasteiger partial charge in [0.25, 0.3) is 0 Å². The van der Waals surface area contributed by atoms with E-state index in [0.29, 0.717) is 63.9 Å². The molecule has 1 amide bonds. The Morgan fingerprint density at radius 2 is 1.77 bits per heavy atom. The summed E-state index contributed by atoms with van der Waals surface area (Å²) >= 11 is 0. The summed E-state index contributed by atoms with van der Waals surface area (Å²) in [6, 6.07) is 8.51. The van der Waals surface area contributed by atoms with Crippen LogP contribution in [0.3, 0.4) is 0 Å². The highest BCUT2D eigenvalue weighted by atomic mass is 28.3. The number of benzene rings is 2. The van der Waals surface area contributed by atoms with E-state index in [1.54, 1.807) is 12.1 Å². The summed E-state index contributed by atoms with van der Waals surface area (Å²) in [5, 5.41) is 1.55. The first-order chi connectivity index (χ1) is 30.3. The van der Waals surface area contributed by atoms with Gasteiger partial charge in [-0.3, -0.25) is 9.80 Å². The van der Waals surface area contributed by atoms with Crippen molar-refractivity contribution in [3.05, 3.63) is 59.7 Å². The minimum absolute atomic E-state index is 0.0149. The third-order valence-corrected chi connectivity index (χ3v) is 21.9. The van der Waals surface area contributed by atoms with Crippen LogP contribution in [-0.2, 0) is 4.74 Å². The minimum atomic E-state index is -2.29. The molecule has 0 spiro atoms. The van der Waals surface area contributed by atoms with Gasteiger partial charge in [-0.15, -0.1) is 5.54 Å². The van der Waals surface area contributed by atoms with Crippen molar-refractivity contribution in [2.24, 2.45) is 5.92 Å². The maximum atomic E-state index is 18.0. The average molecular weight is 889 g/mol. The molecule has 5 fully saturated rings. The number of carbonyl (C=O) groups is 1. The van der Waals surface area contributed by atoms with Gasteiger partial charge in [0.2, 0.25) is 5.88 Å². The number of piperazine rings is 1. The summed E-state index contributed by atoms with van der Waals surface area (Å²) in [4.78, 5) is 35.5. The van der Waals surface area contributed by atoms with Crippen molar-refractivity contribution in [3.63, 3.8) is 0 Å². The number of hydrogen-bond donors (Lipinski definition) is 0. The van der Waals surface area contributed by atoms with Crippen LogP contribution in [-0.4, -0.2) is 100 Å². The standard InChI is InChI=1S/C51H62F2N6O4Si/c1-27(2)64(28(3)4,29(5)6)20-19-35-37(52)17-15-32-13-12-14-36(40(32)35)43-42(53)44-41-46(56-48(55-44)61-26-51-22-30(7)24-58(51)39-21-33(39)23-51)57-25-34-16-18-38(45(57)31(8)62-47(41)54-43)59(34)49(60)63-50(9,10)11/h12-15,17,27-29,31,33-34,38-39,45H,7,16,18,21-26H2,1-6,8-11H3/t31-,33-,34+,38-,39-,45+,51?/m0/s1. The molecule has 10 rings (SSSR count). The SMILES string of the molecule is C=C1CN2[C@H]3C[C@H]3CC2(COc2nc3c4c(nc(-c5cccc6ccc(F)c(C#C[Si](C(C)C)(C(C)C)C(C)C)c56)c(F)c4n2)O[C@@H](C)[C@@H]2[C@@H]4CC[C@H](CN32)N4C(=O)OC(C)(C)C)C1. The molecule has 0 radical (unpaired) electrons. The van der Waals surface area contributed by atoms with Gasteiger partial charge in [-0.05, 0) is 93.8 Å². The zero-order valence-electron chi connectivity index (χ0n) is 39.0. The molecule has 1 saturated carbocycles. The van der Waals surface area contributed by atoms with Crippen LogP contribution in [0.5, 0.6) is 11.9 Å². The van der Waals surface area contributed by atoms with Gasteiger partial charge in [-0.2, -0.15) is 9.97 Å². The first-order valence-corrected chi connectivity index (χ1v) is 25.7. The number of hydrogen-bond acceptors (Lipinski definition) is 9. The number of rotatable bonds is 7. The molecule has 7 heterocycles. The Hall–Kier alpha value is -4.80. The van der Waals surface area contributed by atoms with Crippen LogP contribution in [0.1, 0.15) is 107 Å². The fourth-order valence-corrected chi connectivity index (χ4v) is 18.1. The molecule has 2 aromatic heterocycles. The molecular formula is C51H62F2N6O4Si. The molecule has 7 atom stereocenters. The number of fused-ring (bicyclic) bond motifs is 9. The first-order valence-electron chi connectivity index (χ1n) is 23.5.